The summed E-state index contributed by atoms with van der Waals surface area (Å²) in [6.45, 7) is 1.18. The number of nitro benzene ring substituents is 1. The fourth-order valence-electron chi connectivity index (χ4n) is 1.12. The van der Waals surface area contributed by atoms with Crippen LogP contribution in [0, 0.1) is 10.1 Å². The van der Waals surface area contributed by atoms with Crippen molar-refractivity contribution in [3.05, 3.63) is 34.4 Å². The molecule has 0 aromatic heterocycles. The number of nitrogens with one attached hydrogen (secondary N) is 1. The molecule has 17 heavy (non-hydrogen) atoms. The maximum Gasteiger partial charge on any atom is 0.269 e. The molecule has 0 bridgehead atoms. The van der Waals surface area contributed by atoms with Gasteiger partial charge in [-0.25, -0.2) is 13.1 Å². The van der Waals surface area contributed by atoms with Crippen molar-refractivity contribution in [2.75, 3.05) is 6.61 Å². The molecule has 1 aromatic carbocycles. The Bertz CT molecular complexity index is 497. The van der Waals surface area contributed by atoms with E-state index in [4.69, 9.17) is 5.11 Å². The third-order valence-electron chi connectivity index (χ3n) is 1.99. The largest absolute Gasteiger partial charge is 0.395 e. The van der Waals surface area contributed by atoms with Crippen molar-refractivity contribution in [2.24, 2.45) is 0 Å². The SMILES string of the molecule is C[C@H](CO)NS(=O)(=O)c1ccc([N+](=O)[O-])cc1. The van der Waals surface area contributed by atoms with Crippen LogP contribution in [0.1, 0.15) is 6.92 Å². The third kappa shape index (κ3) is 3.48. The molecule has 7 nitrogen and oxygen atoms in total. The Balaban J connectivity index is 2.96. The molecule has 0 saturated carbocycles. The third-order valence-corrected chi connectivity index (χ3v) is 3.59. The smallest absolute Gasteiger partial charge is 0.269 e. The molecule has 0 amide bonds. The van der Waals surface area contributed by atoms with E-state index in [2.05, 4.69) is 4.72 Å². The molecule has 0 spiro atoms. The molecular weight excluding hydrogens is 248 g/mol. The number of aliphatic hydroxyl groups excluding tert-OH is 1. The Morgan fingerprint density at radius 2 is 1.94 bits per heavy atom. The molecule has 2 N–H and O–H groups in total. The zero-order chi connectivity index (χ0) is 13.1. The molecule has 0 aliphatic heterocycles. The first-order valence-electron chi connectivity index (χ1n) is 4.74. The summed E-state index contributed by atoms with van der Waals surface area (Å²) >= 11 is 0. The van der Waals surface area contributed by atoms with Crippen molar-refractivity contribution in [3.63, 3.8) is 0 Å². The van der Waals surface area contributed by atoms with Crippen LogP contribution in [0.3, 0.4) is 0 Å². The van der Waals surface area contributed by atoms with Gasteiger partial charge in [0, 0.05) is 18.2 Å². The van der Waals surface area contributed by atoms with Gasteiger partial charge in [-0.3, -0.25) is 10.1 Å². The molecule has 0 saturated heterocycles. The molecule has 0 aliphatic rings. The maximum absolute atomic E-state index is 11.7. The van der Waals surface area contributed by atoms with E-state index in [1.807, 2.05) is 0 Å². The molecule has 8 heteroatoms. The van der Waals surface area contributed by atoms with Gasteiger partial charge in [0.1, 0.15) is 0 Å². The van der Waals surface area contributed by atoms with Crippen LogP contribution in [0.15, 0.2) is 29.2 Å². The normalized spacial score (nSPS) is 13.3. The highest BCUT2D eigenvalue weighted by Crippen LogP contribution is 2.15. The minimum Gasteiger partial charge on any atom is -0.395 e. The average molecular weight is 260 g/mol. The summed E-state index contributed by atoms with van der Waals surface area (Å²) in [6.07, 6.45) is 0. The summed E-state index contributed by atoms with van der Waals surface area (Å²) in [5.41, 5.74) is -0.181. The van der Waals surface area contributed by atoms with Crippen LogP contribution < -0.4 is 4.72 Å². The number of sulfonamides is 1. The lowest BCUT2D eigenvalue weighted by molar-refractivity contribution is -0.384. The van der Waals surface area contributed by atoms with E-state index in [9.17, 15) is 18.5 Å². The Morgan fingerprint density at radius 1 is 1.41 bits per heavy atom. The lowest BCUT2D eigenvalue weighted by Gasteiger charge is -2.11. The second-order valence-corrected chi connectivity index (χ2v) is 5.17. The highest BCUT2D eigenvalue weighted by atomic mass is 32.2. The summed E-state index contributed by atoms with van der Waals surface area (Å²) in [7, 11) is -3.75. The minimum atomic E-state index is -3.75. The predicted octanol–water partition coefficient (Wildman–Crippen LogP) is 0.254. The topological polar surface area (TPSA) is 110 Å². The number of rotatable bonds is 5. The Hall–Kier alpha value is -1.51. The number of non-ortho nitro benzene ring substituents is 1. The van der Waals surface area contributed by atoms with Gasteiger partial charge >= 0.3 is 0 Å². The summed E-state index contributed by atoms with van der Waals surface area (Å²) < 4.78 is 25.6. The fraction of sp³-hybridized carbons (Fsp3) is 0.333. The maximum atomic E-state index is 11.7. The molecule has 1 rings (SSSR count). The van der Waals surface area contributed by atoms with Gasteiger partial charge in [-0.2, -0.15) is 0 Å². The van der Waals surface area contributed by atoms with Gasteiger partial charge < -0.3 is 5.11 Å². The first kappa shape index (κ1) is 13.6. The lowest BCUT2D eigenvalue weighted by Crippen LogP contribution is -2.34. The van der Waals surface area contributed by atoms with Gasteiger partial charge in [0.05, 0.1) is 16.4 Å². The quantitative estimate of drug-likeness (QED) is 0.582. The number of benzene rings is 1. The molecule has 0 unspecified atom stereocenters. The molecule has 0 radical (unpaired) electrons. The highest BCUT2D eigenvalue weighted by molar-refractivity contribution is 7.89. The standard InChI is InChI=1S/C9H12N2O5S/c1-7(6-12)10-17(15,16)9-4-2-8(3-5-9)11(13)14/h2-5,7,10,12H,6H2,1H3/t7-/m1/s1. The zero-order valence-electron chi connectivity index (χ0n) is 9.03. The van der Waals surface area contributed by atoms with Gasteiger partial charge in [-0.1, -0.05) is 0 Å². The molecule has 1 aromatic rings. The second-order valence-electron chi connectivity index (χ2n) is 3.46. The predicted molar refractivity (Wildman–Crippen MR) is 60.0 cm³/mol. The Morgan fingerprint density at radius 3 is 2.35 bits per heavy atom. The van der Waals surface area contributed by atoms with Gasteiger partial charge in [0.25, 0.3) is 5.69 Å². The van der Waals surface area contributed by atoms with E-state index in [1.54, 1.807) is 0 Å². The summed E-state index contributed by atoms with van der Waals surface area (Å²) in [5, 5.41) is 19.1. The summed E-state index contributed by atoms with van der Waals surface area (Å²) in [4.78, 5) is 9.70. The van der Waals surface area contributed by atoms with Crippen molar-refractivity contribution >= 4 is 15.7 Å². The second kappa shape index (κ2) is 5.21. The zero-order valence-corrected chi connectivity index (χ0v) is 9.85. The van der Waals surface area contributed by atoms with Crippen molar-refractivity contribution in [1.82, 2.24) is 4.72 Å². The minimum absolute atomic E-state index is 0.0802. The summed E-state index contributed by atoms with van der Waals surface area (Å²) in [6, 6.07) is 3.89. The van der Waals surface area contributed by atoms with E-state index in [0.717, 1.165) is 24.3 Å². The Labute approximate surface area is 98.3 Å². The van der Waals surface area contributed by atoms with Crippen LogP contribution in [0.25, 0.3) is 0 Å². The number of nitro groups is 1. The van der Waals surface area contributed by atoms with Crippen molar-refractivity contribution in [1.29, 1.82) is 0 Å². The van der Waals surface area contributed by atoms with Crippen molar-refractivity contribution in [2.45, 2.75) is 17.9 Å². The van der Waals surface area contributed by atoms with Crippen molar-refractivity contribution < 1.29 is 18.4 Å². The van der Waals surface area contributed by atoms with E-state index in [0.29, 0.717) is 0 Å². The van der Waals surface area contributed by atoms with E-state index in [-0.39, 0.29) is 17.2 Å². The molecule has 0 aliphatic carbocycles. The lowest BCUT2D eigenvalue weighted by atomic mass is 10.3. The van der Waals surface area contributed by atoms with Crippen LogP contribution >= 0.6 is 0 Å². The van der Waals surface area contributed by atoms with Gasteiger partial charge in [0.2, 0.25) is 10.0 Å². The number of aliphatic hydroxyl groups is 1. The van der Waals surface area contributed by atoms with Gasteiger partial charge in [0.15, 0.2) is 0 Å². The first-order valence-corrected chi connectivity index (χ1v) is 6.23. The average Bonchev–Trinajstić information content (AvgIpc) is 2.28. The van der Waals surface area contributed by atoms with Crippen LogP contribution in [-0.4, -0.2) is 31.1 Å². The van der Waals surface area contributed by atoms with Crippen LogP contribution in [-0.2, 0) is 10.0 Å². The Kier molecular flexibility index (Phi) is 4.16. The number of hydrogen-bond donors (Lipinski definition) is 2. The monoisotopic (exact) mass is 260 g/mol. The molecule has 0 heterocycles. The molecular formula is C9H12N2O5S. The van der Waals surface area contributed by atoms with Crippen LogP contribution in [0.2, 0.25) is 0 Å². The van der Waals surface area contributed by atoms with Crippen LogP contribution in [0.4, 0.5) is 5.69 Å². The van der Waals surface area contributed by atoms with E-state index in [1.165, 1.54) is 6.92 Å². The first-order chi connectivity index (χ1) is 7.86. The van der Waals surface area contributed by atoms with Gasteiger partial charge in [-0.15, -0.1) is 0 Å². The molecule has 1 atom stereocenters. The van der Waals surface area contributed by atoms with Gasteiger partial charge in [-0.05, 0) is 19.1 Å². The van der Waals surface area contributed by atoms with E-state index >= 15 is 0 Å². The number of hydrogen-bond acceptors (Lipinski definition) is 5. The highest BCUT2D eigenvalue weighted by Gasteiger charge is 2.17. The molecule has 94 valence electrons. The molecule has 0 fully saturated rings. The van der Waals surface area contributed by atoms with E-state index < -0.39 is 21.0 Å². The van der Waals surface area contributed by atoms with Crippen molar-refractivity contribution in [3.8, 4) is 0 Å². The number of nitrogens with zero attached hydrogens (tertiary/aromatic N) is 1. The van der Waals surface area contributed by atoms with Crippen LogP contribution in [0.5, 0.6) is 0 Å². The fourth-order valence-corrected chi connectivity index (χ4v) is 2.35. The summed E-state index contributed by atoms with van der Waals surface area (Å²) in [5.74, 6) is 0.